The van der Waals surface area contributed by atoms with Crippen molar-refractivity contribution in [2.45, 2.75) is 19.4 Å². The highest BCUT2D eigenvalue weighted by atomic mass is 16.2. The van der Waals surface area contributed by atoms with E-state index in [1.165, 1.54) is 0 Å². The number of primary amides is 1. The Morgan fingerprint density at radius 2 is 2.11 bits per heavy atom. The maximum atomic E-state index is 11.7. The molecule has 0 aliphatic carbocycles. The predicted molar refractivity (Wildman–Crippen MR) is 68.8 cm³/mol. The molecule has 2 aromatic rings. The number of para-hydroxylation sites is 1. The Bertz CT molecular complexity index is 589. The molecule has 0 aliphatic heterocycles. The molecule has 0 aliphatic rings. The van der Waals surface area contributed by atoms with Crippen LogP contribution >= 0.6 is 0 Å². The number of hydrogen-bond donors (Lipinski definition) is 3. The molecular formula is C13H15N3O2. The molecule has 18 heavy (non-hydrogen) atoms. The van der Waals surface area contributed by atoms with Gasteiger partial charge in [0, 0.05) is 17.1 Å². The number of aromatic nitrogens is 1. The van der Waals surface area contributed by atoms with E-state index in [4.69, 9.17) is 5.73 Å². The van der Waals surface area contributed by atoms with Crippen LogP contribution in [-0.4, -0.2) is 22.8 Å². The van der Waals surface area contributed by atoms with E-state index in [2.05, 4.69) is 10.3 Å². The lowest BCUT2D eigenvalue weighted by molar-refractivity contribution is -0.126. The molecule has 0 saturated heterocycles. The first-order chi connectivity index (χ1) is 8.58. The molecule has 1 aromatic heterocycles. The Morgan fingerprint density at radius 3 is 2.83 bits per heavy atom. The number of rotatable bonds is 4. The monoisotopic (exact) mass is 245 g/mol. The first-order valence-corrected chi connectivity index (χ1v) is 5.71. The Balaban J connectivity index is 2.10. The molecule has 4 N–H and O–H groups in total. The fourth-order valence-corrected chi connectivity index (χ4v) is 1.81. The summed E-state index contributed by atoms with van der Waals surface area (Å²) in [6.07, 6.45) is 2.03. The summed E-state index contributed by atoms with van der Waals surface area (Å²) in [6, 6.07) is 7.10. The summed E-state index contributed by atoms with van der Waals surface area (Å²) in [5, 5.41) is 3.57. The molecule has 0 fully saturated rings. The van der Waals surface area contributed by atoms with Crippen LogP contribution in [0.15, 0.2) is 30.5 Å². The van der Waals surface area contributed by atoms with Gasteiger partial charge in [0.15, 0.2) is 0 Å². The van der Waals surface area contributed by atoms with Crippen LogP contribution in [0.5, 0.6) is 0 Å². The molecule has 1 unspecified atom stereocenters. The van der Waals surface area contributed by atoms with Gasteiger partial charge in [-0.2, -0.15) is 0 Å². The molecule has 5 heteroatoms. The number of nitrogens with two attached hydrogens (primary N) is 1. The van der Waals surface area contributed by atoms with E-state index in [9.17, 15) is 9.59 Å². The lowest BCUT2D eigenvalue weighted by atomic mass is 10.1. The second kappa shape index (κ2) is 4.91. The molecule has 0 radical (unpaired) electrons. The van der Waals surface area contributed by atoms with Crippen LogP contribution in [0, 0.1) is 0 Å². The van der Waals surface area contributed by atoms with E-state index in [1.807, 2.05) is 24.3 Å². The Kier molecular flexibility index (Phi) is 3.32. The Labute approximate surface area is 104 Å². The highest BCUT2D eigenvalue weighted by Crippen LogP contribution is 2.17. The molecular weight excluding hydrogens is 230 g/mol. The average molecular weight is 245 g/mol. The fourth-order valence-electron chi connectivity index (χ4n) is 1.81. The van der Waals surface area contributed by atoms with Crippen molar-refractivity contribution < 1.29 is 9.59 Å². The van der Waals surface area contributed by atoms with Crippen molar-refractivity contribution >= 4 is 22.7 Å². The summed E-state index contributed by atoms with van der Waals surface area (Å²) in [5.41, 5.74) is 6.98. The zero-order chi connectivity index (χ0) is 13.1. The average Bonchev–Trinajstić information content (AvgIpc) is 2.72. The van der Waals surface area contributed by atoms with Crippen molar-refractivity contribution in [3.63, 3.8) is 0 Å². The summed E-state index contributed by atoms with van der Waals surface area (Å²) >= 11 is 0. The van der Waals surface area contributed by atoms with Gasteiger partial charge in [-0.3, -0.25) is 9.59 Å². The largest absolute Gasteiger partial charge is 0.368 e. The van der Waals surface area contributed by atoms with Crippen LogP contribution in [0.4, 0.5) is 0 Å². The van der Waals surface area contributed by atoms with E-state index in [0.29, 0.717) is 0 Å². The minimum Gasteiger partial charge on any atom is -0.368 e. The van der Waals surface area contributed by atoms with Crippen molar-refractivity contribution in [1.29, 1.82) is 0 Å². The molecule has 94 valence electrons. The topological polar surface area (TPSA) is 88.0 Å². The number of aromatic amines is 1. The number of benzene rings is 1. The van der Waals surface area contributed by atoms with Gasteiger partial charge >= 0.3 is 0 Å². The highest BCUT2D eigenvalue weighted by Gasteiger charge is 2.13. The number of amides is 2. The molecule has 1 aromatic carbocycles. The van der Waals surface area contributed by atoms with Gasteiger partial charge in [0.25, 0.3) is 0 Å². The molecule has 5 nitrogen and oxygen atoms in total. The van der Waals surface area contributed by atoms with Crippen LogP contribution < -0.4 is 11.1 Å². The Morgan fingerprint density at radius 1 is 1.39 bits per heavy atom. The quantitative estimate of drug-likeness (QED) is 0.740. The van der Waals surface area contributed by atoms with Gasteiger partial charge in [0.1, 0.15) is 6.04 Å². The van der Waals surface area contributed by atoms with Crippen molar-refractivity contribution in [2.24, 2.45) is 5.73 Å². The van der Waals surface area contributed by atoms with Gasteiger partial charge in [0.05, 0.1) is 6.42 Å². The van der Waals surface area contributed by atoms with E-state index < -0.39 is 11.9 Å². The number of fused-ring (bicyclic) bond motifs is 1. The van der Waals surface area contributed by atoms with Gasteiger partial charge in [-0.1, -0.05) is 18.2 Å². The fraction of sp³-hybridized carbons (Fsp3) is 0.231. The summed E-state index contributed by atoms with van der Waals surface area (Å²) in [7, 11) is 0. The maximum Gasteiger partial charge on any atom is 0.239 e. The highest BCUT2D eigenvalue weighted by molar-refractivity contribution is 5.91. The second-order valence-electron chi connectivity index (χ2n) is 4.23. The van der Waals surface area contributed by atoms with Gasteiger partial charge in [-0.05, 0) is 18.6 Å². The maximum absolute atomic E-state index is 11.7. The number of carbonyl (C=O) groups excluding carboxylic acids is 2. The van der Waals surface area contributed by atoms with E-state index >= 15 is 0 Å². The van der Waals surface area contributed by atoms with Crippen molar-refractivity contribution in [3.8, 4) is 0 Å². The summed E-state index contributed by atoms with van der Waals surface area (Å²) in [5.74, 6) is -0.756. The lowest BCUT2D eigenvalue weighted by Gasteiger charge is -2.09. The Hall–Kier alpha value is -2.30. The molecule has 0 spiro atoms. The standard InChI is InChI=1S/C13H15N3O2/c1-8(13(14)18)16-12(17)6-9-7-15-11-5-3-2-4-10(9)11/h2-5,7-8,15H,6H2,1H3,(H2,14,18)(H,16,17). The van der Waals surface area contributed by atoms with Crippen molar-refractivity contribution in [2.75, 3.05) is 0 Å². The molecule has 0 bridgehead atoms. The smallest absolute Gasteiger partial charge is 0.239 e. The van der Waals surface area contributed by atoms with E-state index in [0.717, 1.165) is 16.5 Å². The van der Waals surface area contributed by atoms with Gasteiger partial charge in [-0.15, -0.1) is 0 Å². The summed E-state index contributed by atoms with van der Waals surface area (Å²) < 4.78 is 0. The zero-order valence-corrected chi connectivity index (χ0v) is 10.1. The third-order valence-corrected chi connectivity index (χ3v) is 2.83. The first-order valence-electron chi connectivity index (χ1n) is 5.71. The first kappa shape index (κ1) is 12.2. The zero-order valence-electron chi connectivity index (χ0n) is 10.1. The summed E-state index contributed by atoms with van der Waals surface area (Å²) in [4.78, 5) is 25.7. The van der Waals surface area contributed by atoms with Crippen LogP contribution in [-0.2, 0) is 16.0 Å². The molecule has 1 heterocycles. The van der Waals surface area contributed by atoms with E-state index in [-0.39, 0.29) is 12.3 Å². The predicted octanol–water partition coefficient (Wildman–Crippen LogP) is 0.700. The number of hydrogen-bond acceptors (Lipinski definition) is 2. The van der Waals surface area contributed by atoms with Gasteiger partial charge < -0.3 is 16.0 Å². The number of H-pyrrole nitrogens is 1. The number of carbonyl (C=O) groups is 2. The van der Waals surface area contributed by atoms with Crippen molar-refractivity contribution in [3.05, 3.63) is 36.0 Å². The minimum atomic E-state index is -0.650. The van der Waals surface area contributed by atoms with Crippen molar-refractivity contribution in [1.82, 2.24) is 10.3 Å². The van der Waals surface area contributed by atoms with E-state index in [1.54, 1.807) is 13.1 Å². The second-order valence-corrected chi connectivity index (χ2v) is 4.23. The van der Waals surface area contributed by atoms with Crippen LogP contribution in [0.2, 0.25) is 0 Å². The lowest BCUT2D eigenvalue weighted by Crippen LogP contribution is -2.42. The third-order valence-electron chi connectivity index (χ3n) is 2.83. The van der Waals surface area contributed by atoms with Gasteiger partial charge in [-0.25, -0.2) is 0 Å². The van der Waals surface area contributed by atoms with Crippen LogP contribution in [0.1, 0.15) is 12.5 Å². The normalized spacial score (nSPS) is 12.3. The molecule has 2 rings (SSSR count). The molecule has 1 atom stereocenters. The SMILES string of the molecule is CC(NC(=O)Cc1c[nH]c2ccccc12)C(N)=O. The van der Waals surface area contributed by atoms with Gasteiger partial charge in [0.2, 0.25) is 11.8 Å². The molecule has 0 saturated carbocycles. The third kappa shape index (κ3) is 2.51. The molecule has 2 amide bonds. The van der Waals surface area contributed by atoms with Crippen LogP contribution in [0.25, 0.3) is 10.9 Å². The summed E-state index contributed by atoms with van der Waals surface area (Å²) in [6.45, 7) is 1.56. The van der Waals surface area contributed by atoms with Crippen LogP contribution in [0.3, 0.4) is 0 Å². The number of nitrogens with one attached hydrogen (secondary N) is 2. The minimum absolute atomic E-state index is 0.217.